The highest BCUT2D eigenvalue weighted by Gasteiger charge is 2.18. The van der Waals surface area contributed by atoms with E-state index < -0.39 is 30.2 Å². The van der Waals surface area contributed by atoms with Crippen LogP contribution in [0, 0.1) is 5.82 Å². The number of nitrogens with one attached hydrogen (secondary N) is 1. The molecule has 0 aliphatic carbocycles. The van der Waals surface area contributed by atoms with Gasteiger partial charge in [-0.3, -0.25) is 9.59 Å². The van der Waals surface area contributed by atoms with Gasteiger partial charge in [0.2, 0.25) is 5.91 Å². The smallest absolute Gasteiger partial charge is 0.341 e. The number of anilines is 1. The van der Waals surface area contributed by atoms with Crippen LogP contribution in [0.3, 0.4) is 0 Å². The van der Waals surface area contributed by atoms with Crippen molar-refractivity contribution in [2.45, 2.75) is 0 Å². The van der Waals surface area contributed by atoms with Gasteiger partial charge in [-0.2, -0.15) is 0 Å². The quantitative estimate of drug-likeness (QED) is 0.712. The van der Waals surface area contributed by atoms with E-state index in [9.17, 15) is 18.8 Å². The van der Waals surface area contributed by atoms with Crippen LogP contribution in [0.4, 0.5) is 10.1 Å². The van der Waals surface area contributed by atoms with Crippen LogP contribution in [0.1, 0.15) is 10.4 Å². The first-order chi connectivity index (χ1) is 13.3. The summed E-state index contributed by atoms with van der Waals surface area (Å²) in [5.74, 6) is -2.35. The molecular formula is C19H18ClFN2O5. The number of carbonyl (C=O) groups is 3. The number of carbonyl (C=O) groups excluding carboxylic acids is 3. The largest absolute Gasteiger partial charge is 0.497 e. The highest BCUT2D eigenvalue weighted by atomic mass is 35.5. The zero-order valence-corrected chi connectivity index (χ0v) is 16.0. The number of amides is 2. The van der Waals surface area contributed by atoms with Crippen LogP contribution >= 0.6 is 11.6 Å². The number of hydrogen-bond donors (Lipinski definition) is 1. The standard InChI is InChI=1S/C19H18ClFN2O5/c1-23(10-17(24)22-13-4-3-5-14(9-13)27-2)18(25)11-28-19(26)15-7-6-12(20)8-16(15)21/h3-9H,10-11H2,1-2H3,(H,22,24). The van der Waals surface area contributed by atoms with Crippen LogP contribution in [0.25, 0.3) is 0 Å². The maximum absolute atomic E-state index is 13.7. The van der Waals surface area contributed by atoms with Gasteiger partial charge in [0.15, 0.2) is 6.61 Å². The lowest BCUT2D eigenvalue weighted by Crippen LogP contribution is -2.37. The first-order valence-electron chi connectivity index (χ1n) is 8.10. The van der Waals surface area contributed by atoms with Gasteiger partial charge in [0.25, 0.3) is 5.91 Å². The van der Waals surface area contributed by atoms with Crippen molar-refractivity contribution in [1.29, 1.82) is 0 Å². The van der Waals surface area contributed by atoms with Crippen molar-refractivity contribution in [1.82, 2.24) is 4.90 Å². The summed E-state index contributed by atoms with van der Waals surface area (Å²) in [5, 5.41) is 2.75. The molecule has 0 saturated carbocycles. The number of esters is 1. The summed E-state index contributed by atoms with van der Waals surface area (Å²) in [6.07, 6.45) is 0. The molecule has 0 aliphatic rings. The van der Waals surface area contributed by atoms with Crippen LogP contribution in [0.2, 0.25) is 5.02 Å². The van der Waals surface area contributed by atoms with Crippen molar-refractivity contribution in [3.63, 3.8) is 0 Å². The Morgan fingerprint density at radius 1 is 1.18 bits per heavy atom. The Balaban J connectivity index is 1.84. The fourth-order valence-electron chi connectivity index (χ4n) is 2.18. The summed E-state index contributed by atoms with van der Waals surface area (Å²) < 4.78 is 23.5. The molecule has 0 aliphatic heterocycles. The highest BCUT2D eigenvalue weighted by Crippen LogP contribution is 2.17. The van der Waals surface area contributed by atoms with E-state index in [2.05, 4.69) is 5.32 Å². The van der Waals surface area contributed by atoms with Gasteiger partial charge in [0.05, 0.1) is 19.2 Å². The van der Waals surface area contributed by atoms with E-state index in [1.165, 1.54) is 20.2 Å². The molecule has 0 aromatic heterocycles. The SMILES string of the molecule is COc1cccc(NC(=O)CN(C)C(=O)COC(=O)c2ccc(Cl)cc2F)c1. The van der Waals surface area contributed by atoms with Crippen LogP contribution in [0.5, 0.6) is 5.75 Å². The van der Waals surface area contributed by atoms with Crippen molar-refractivity contribution in [3.8, 4) is 5.75 Å². The van der Waals surface area contributed by atoms with E-state index >= 15 is 0 Å². The van der Waals surface area contributed by atoms with Gasteiger partial charge in [0, 0.05) is 23.8 Å². The van der Waals surface area contributed by atoms with Crippen molar-refractivity contribution >= 4 is 35.1 Å². The monoisotopic (exact) mass is 408 g/mol. The molecule has 2 amide bonds. The van der Waals surface area contributed by atoms with Gasteiger partial charge in [-0.15, -0.1) is 0 Å². The van der Waals surface area contributed by atoms with Crippen LogP contribution < -0.4 is 10.1 Å². The zero-order valence-electron chi connectivity index (χ0n) is 15.2. The first-order valence-corrected chi connectivity index (χ1v) is 8.48. The molecule has 1 N–H and O–H groups in total. The summed E-state index contributed by atoms with van der Waals surface area (Å²) in [6.45, 7) is -0.896. The number of hydrogen-bond acceptors (Lipinski definition) is 5. The molecule has 2 aromatic rings. The highest BCUT2D eigenvalue weighted by molar-refractivity contribution is 6.30. The lowest BCUT2D eigenvalue weighted by Gasteiger charge is -2.17. The maximum Gasteiger partial charge on any atom is 0.341 e. The van der Waals surface area contributed by atoms with Gasteiger partial charge in [-0.05, 0) is 30.3 Å². The third-order valence-corrected chi connectivity index (χ3v) is 3.87. The predicted octanol–water partition coefficient (Wildman–Crippen LogP) is 2.74. The predicted molar refractivity (Wildman–Crippen MR) is 101 cm³/mol. The average Bonchev–Trinajstić information content (AvgIpc) is 2.65. The molecule has 0 heterocycles. The van der Waals surface area contributed by atoms with E-state index in [-0.39, 0.29) is 17.1 Å². The van der Waals surface area contributed by atoms with E-state index in [4.69, 9.17) is 21.1 Å². The van der Waals surface area contributed by atoms with E-state index in [0.717, 1.165) is 17.0 Å². The molecule has 2 rings (SSSR count). The lowest BCUT2D eigenvalue weighted by atomic mass is 10.2. The molecule has 0 saturated heterocycles. The molecule has 0 atom stereocenters. The Morgan fingerprint density at radius 2 is 1.93 bits per heavy atom. The Bertz CT molecular complexity index is 890. The molecule has 0 bridgehead atoms. The fraction of sp³-hybridized carbons (Fsp3) is 0.211. The molecule has 0 spiro atoms. The number of ether oxygens (including phenoxy) is 2. The van der Waals surface area contributed by atoms with Gasteiger partial charge in [-0.25, -0.2) is 9.18 Å². The van der Waals surface area contributed by atoms with Crippen molar-refractivity contribution in [2.24, 2.45) is 0 Å². The minimum Gasteiger partial charge on any atom is -0.497 e. The molecule has 28 heavy (non-hydrogen) atoms. The third-order valence-electron chi connectivity index (χ3n) is 3.64. The van der Waals surface area contributed by atoms with Crippen molar-refractivity contribution in [3.05, 3.63) is 58.9 Å². The molecule has 9 heteroatoms. The number of methoxy groups -OCH3 is 1. The lowest BCUT2D eigenvalue weighted by molar-refractivity contribution is -0.136. The molecule has 0 unspecified atom stereocenters. The van der Waals surface area contributed by atoms with Gasteiger partial charge < -0.3 is 19.7 Å². The number of nitrogens with zero attached hydrogens (tertiary/aromatic N) is 1. The van der Waals surface area contributed by atoms with Crippen molar-refractivity contribution < 1.29 is 28.2 Å². The summed E-state index contributed by atoms with van der Waals surface area (Å²) in [7, 11) is 2.88. The second kappa shape index (κ2) is 9.70. The van der Waals surface area contributed by atoms with Crippen LogP contribution in [-0.4, -0.2) is 50.0 Å². The number of likely N-dealkylation sites (N-methyl/N-ethyl adjacent to an activating group) is 1. The second-order valence-corrected chi connectivity index (χ2v) is 6.17. The second-order valence-electron chi connectivity index (χ2n) is 5.73. The first kappa shape index (κ1) is 21.2. The normalized spacial score (nSPS) is 10.1. The van der Waals surface area contributed by atoms with E-state index in [1.807, 2.05) is 0 Å². The Morgan fingerprint density at radius 3 is 2.61 bits per heavy atom. The molecular weight excluding hydrogens is 391 g/mol. The van der Waals surface area contributed by atoms with Crippen LogP contribution in [-0.2, 0) is 14.3 Å². The van der Waals surface area contributed by atoms with Gasteiger partial charge in [-0.1, -0.05) is 17.7 Å². The summed E-state index contributed by atoms with van der Waals surface area (Å²) in [5.41, 5.74) is 0.172. The molecule has 7 nitrogen and oxygen atoms in total. The molecule has 0 fully saturated rings. The van der Waals surface area contributed by atoms with E-state index in [0.29, 0.717) is 11.4 Å². The zero-order chi connectivity index (χ0) is 20.7. The summed E-state index contributed by atoms with van der Waals surface area (Å²) >= 11 is 5.62. The average molecular weight is 409 g/mol. The molecule has 0 radical (unpaired) electrons. The topological polar surface area (TPSA) is 84.9 Å². The number of benzene rings is 2. The maximum atomic E-state index is 13.7. The number of halogens is 2. The summed E-state index contributed by atoms with van der Waals surface area (Å²) in [4.78, 5) is 37.0. The Hall–Kier alpha value is -3.13. The van der Waals surface area contributed by atoms with Crippen LogP contribution in [0.15, 0.2) is 42.5 Å². The van der Waals surface area contributed by atoms with E-state index in [1.54, 1.807) is 24.3 Å². The third kappa shape index (κ3) is 5.95. The Labute approximate surface area is 166 Å². The summed E-state index contributed by atoms with van der Waals surface area (Å²) in [6, 6.07) is 10.2. The minimum atomic E-state index is -1.00. The number of rotatable bonds is 7. The van der Waals surface area contributed by atoms with Gasteiger partial charge >= 0.3 is 5.97 Å². The molecule has 148 valence electrons. The van der Waals surface area contributed by atoms with Gasteiger partial charge in [0.1, 0.15) is 11.6 Å². The fourth-order valence-corrected chi connectivity index (χ4v) is 2.33. The van der Waals surface area contributed by atoms with Crippen molar-refractivity contribution in [2.75, 3.05) is 32.6 Å². The molecule has 2 aromatic carbocycles. The Kier molecular flexibility index (Phi) is 7.34. The minimum absolute atomic E-state index is 0.131.